The fraction of sp³-hybridized carbons (Fsp3) is 0.500. The largest absolute Gasteiger partial charge is 0.381 e. The minimum Gasteiger partial charge on any atom is -0.381 e. The van der Waals surface area contributed by atoms with Crippen LogP contribution in [-0.4, -0.2) is 51.6 Å². The minimum atomic E-state index is -3.64. The topological polar surface area (TPSA) is 75.7 Å². The standard InChI is InChI=1S/C18H24N2O4S/c1-2-9-19-25(22,23)17-5-3-4-15(11-17)18(21)20(16-6-7-16)12-14-8-10-24-13-14/h2-5,11,14,16,19H,1,6-10,12-13H2. The van der Waals surface area contributed by atoms with E-state index in [2.05, 4.69) is 11.3 Å². The van der Waals surface area contributed by atoms with Crippen molar-refractivity contribution in [1.82, 2.24) is 9.62 Å². The smallest absolute Gasteiger partial charge is 0.254 e. The van der Waals surface area contributed by atoms with Crippen molar-refractivity contribution in [3.05, 3.63) is 42.5 Å². The van der Waals surface area contributed by atoms with Gasteiger partial charge in [-0.25, -0.2) is 13.1 Å². The van der Waals surface area contributed by atoms with Crippen LogP contribution in [0.3, 0.4) is 0 Å². The minimum absolute atomic E-state index is 0.0974. The first-order valence-electron chi connectivity index (χ1n) is 8.60. The van der Waals surface area contributed by atoms with E-state index in [1.165, 1.54) is 18.2 Å². The van der Waals surface area contributed by atoms with Crippen LogP contribution < -0.4 is 4.72 Å². The molecule has 1 amide bonds. The van der Waals surface area contributed by atoms with Gasteiger partial charge in [0.05, 0.1) is 11.5 Å². The Morgan fingerprint density at radius 2 is 2.16 bits per heavy atom. The van der Waals surface area contributed by atoms with Gasteiger partial charge in [0.15, 0.2) is 0 Å². The van der Waals surface area contributed by atoms with Gasteiger partial charge in [-0.2, -0.15) is 0 Å². The average molecular weight is 364 g/mol. The summed E-state index contributed by atoms with van der Waals surface area (Å²) in [7, 11) is -3.64. The molecule has 1 N–H and O–H groups in total. The van der Waals surface area contributed by atoms with Gasteiger partial charge in [-0.05, 0) is 37.5 Å². The van der Waals surface area contributed by atoms with Gasteiger partial charge in [0.2, 0.25) is 10.0 Å². The number of carbonyl (C=O) groups is 1. The molecule has 1 aliphatic carbocycles. The van der Waals surface area contributed by atoms with Crippen LogP contribution in [0.25, 0.3) is 0 Å². The molecule has 7 heteroatoms. The Bertz CT molecular complexity index is 737. The number of nitrogens with one attached hydrogen (secondary N) is 1. The highest BCUT2D eigenvalue weighted by Crippen LogP contribution is 2.30. The van der Waals surface area contributed by atoms with Crippen molar-refractivity contribution in [3.63, 3.8) is 0 Å². The molecule has 0 aromatic heterocycles. The summed E-state index contributed by atoms with van der Waals surface area (Å²) in [6, 6.07) is 6.50. The second-order valence-corrected chi connectivity index (χ2v) is 8.35. The molecule has 1 heterocycles. The summed E-state index contributed by atoms with van der Waals surface area (Å²) in [6.45, 7) is 5.77. The highest BCUT2D eigenvalue weighted by Gasteiger charge is 2.35. The molecule has 1 aromatic carbocycles. The highest BCUT2D eigenvalue weighted by molar-refractivity contribution is 7.89. The molecule has 1 saturated carbocycles. The van der Waals surface area contributed by atoms with E-state index in [1.54, 1.807) is 12.1 Å². The maximum Gasteiger partial charge on any atom is 0.254 e. The molecule has 0 radical (unpaired) electrons. The summed E-state index contributed by atoms with van der Waals surface area (Å²) in [5.74, 6) is 0.265. The van der Waals surface area contributed by atoms with Crippen molar-refractivity contribution in [2.45, 2.75) is 30.2 Å². The molecule has 1 unspecified atom stereocenters. The molecule has 2 fully saturated rings. The lowest BCUT2D eigenvalue weighted by atomic mass is 10.1. The summed E-state index contributed by atoms with van der Waals surface area (Å²) in [4.78, 5) is 14.9. The zero-order valence-corrected chi connectivity index (χ0v) is 15.0. The van der Waals surface area contributed by atoms with E-state index in [4.69, 9.17) is 4.74 Å². The van der Waals surface area contributed by atoms with E-state index in [1.807, 2.05) is 4.90 Å². The van der Waals surface area contributed by atoms with Crippen molar-refractivity contribution in [2.24, 2.45) is 5.92 Å². The number of hydrogen-bond acceptors (Lipinski definition) is 4. The molecule has 3 rings (SSSR count). The Balaban J connectivity index is 1.78. The Morgan fingerprint density at radius 1 is 1.36 bits per heavy atom. The maximum atomic E-state index is 13.0. The SMILES string of the molecule is C=CCNS(=O)(=O)c1cccc(C(=O)N(CC2CCOC2)C2CC2)c1. The quantitative estimate of drug-likeness (QED) is 0.714. The number of rotatable bonds is 8. The molecule has 1 atom stereocenters. The molecule has 1 aromatic rings. The average Bonchev–Trinajstić information content (AvgIpc) is 3.33. The summed E-state index contributed by atoms with van der Waals surface area (Å²) < 4.78 is 32.4. The van der Waals surface area contributed by atoms with Gasteiger partial charge in [-0.3, -0.25) is 4.79 Å². The van der Waals surface area contributed by atoms with Crippen molar-refractivity contribution in [3.8, 4) is 0 Å². The number of carbonyl (C=O) groups excluding carboxylic acids is 1. The van der Waals surface area contributed by atoms with E-state index in [9.17, 15) is 13.2 Å². The Morgan fingerprint density at radius 3 is 2.80 bits per heavy atom. The van der Waals surface area contributed by atoms with Gasteiger partial charge in [0.1, 0.15) is 0 Å². The number of nitrogens with zero attached hydrogens (tertiary/aromatic N) is 1. The molecule has 2 aliphatic rings. The number of sulfonamides is 1. The van der Waals surface area contributed by atoms with Crippen molar-refractivity contribution in [2.75, 3.05) is 26.3 Å². The Labute approximate surface area is 148 Å². The van der Waals surface area contributed by atoms with Crippen molar-refractivity contribution in [1.29, 1.82) is 0 Å². The molecule has 6 nitrogen and oxygen atoms in total. The fourth-order valence-electron chi connectivity index (χ4n) is 3.00. The number of benzene rings is 1. The van der Waals surface area contributed by atoms with Crippen LogP contribution in [0.1, 0.15) is 29.6 Å². The zero-order valence-electron chi connectivity index (χ0n) is 14.2. The highest BCUT2D eigenvalue weighted by atomic mass is 32.2. The van der Waals surface area contributed by atoms with Gasteiger partial charge in [0, 0.05) is 37.2 Å². The van der Waals surface area contributed by atoms with Gasteiger partial charge >= 0.3 is 0 Å². The fourth-order valence-corrected chi connectivity index (χ4v) is 4.05. The van der Waals surface area contributed by atoms with Crippen LogP contribution in [0.4, 0.5) is 0 Å². The Hall–Kier alpha value is -1.70. The molecular formula is C18H24N2O4S. The summed E-state index contributed by atoms with van der Waals surface area (Å²) in [5.41, 5.74) is 0.410. The number of amides is 1. The first-order valence-corrected chi connectivity index (χ1v) is 10.1. The van der Waals surface area contributed by atoms with Crippen molar-refractivity contribution < 1.29 is 17.9 Å². The zero-order chi connectivity index (χ0) is 17.9. The molecule has 1 saturated heterocycles. The third-order valence-electron chi connectivity index (χ3n) is 4.54. The van der Waals surface area contributed by atoms with Crippen LogP contribution in [-0.2, 0) is 14.8 Å². The molecule has 1 aliphatic heterocycles. The summed E-state index contributed by atoms with van der Waals surface area (Å²) in [5, 5.41) is 0. The first-order chi connectivity index (χ1) is 12.0. The van der Waals surface area contributed by atoms with Gasteiger partial charge in [-0.1, -0.05) is 12.1 Å². The lowest BCUT2D eigenvalue weighted by Gasteiger charge is -2.25. The first kappa shape index (κ1) is 18.1. The second kappa shape index (κ2) is 7.68. The van der Waals surface area contributed by atoms with Crippen LogP contribution in [0, 0.1) is 5.92 Å². The summed E-state index contributed by atoms with van der Waals surface area (Å²) >= 11 is 0. The van der Waals surface area contributed by atoms with E-state index in [0.29, 0.717) is 24.6 Å². The normalized spacial score (nSPS) is 20.4. The maximum absolute atomic E-state index is 13.0. The predicted octanol–water partition coefficient (Wildman–Crippen LogP) is 1.79. The lowest BCUT2D eigenvalue weighted by Crippen LogP contribution is -2.37. The molecular weight excluding hydrogens is 340 g/mol. The Kier molecular flexibility index (Phi) is 5.56. The number of ether oxygens (including phenoxy) is 1. The third kappa shape index (κ3) is 4.48. The van der Waals surface area contributed by atoms with Crippen LogP contribution >= 0.6 is 0 Å². The predicted molar refractivity (Wildman–Crippen MR) is 94.8 cm³/mol. The lowest BCUT2D eigenvalue weighted by molar-refractivity contribution is 0.0706. The second-order valence-electron chi connectivity index (χ2n) is 6.59. The van der Waals surface area contributed by atoms with E-state index >= 15 is 0 Å². The van der Waals surface area contributed by atoms with Crippen molar-refractivity contribution >= 4 is 15.9 Å². The van der Waals surface area contributed by atoms with Crippen LogP contribution in [0.15, 0.2) is 41.8 Å². The third-order valence-corrected chi connectivity index (χ3v) is 5.96. The molecule has 25 heavy (non-hydrogen) atoms. The summed E-state index contributed by atoms with van der Waals surface area (Å²) in [6.07, 6.45) is 4.47. The molecule has 136 valence electrons. The number of hydrogen-bond donors (Lipinski definition) is 1. The van der Waals surface area contributed by atoms with Crippen LogP contribution in [0.5, 0.6) is 0 Å². The van der Waals surface area contributed by atoms with E-state index in [0.717, 1.165) is 25.9 Å². The van der Waals surface area contributed by atoms with Gasteiger partial charge in [-0.15, -0.1) is 6.58 Å². The van der Waals surface area contributed by atoms with E-state index < -0.39 is 10.0 Å². The van der Waals surface area contributed by atoms with Gasteiger partial charge in [0.25, 0.3) is 5.91 Å². The molecule has 0 bridgehead atoms. The van der Waals surface area contributed by atoms with Gasteiger partial charge < -0.3 is 9.64 Å². The molecule has 0 spiro atoms. The van der Waals surface area contributed by atoms with Crippen LogP contribution in [0.2, 0.25) is 0 Å². The van der Waals surface area contributed by atoms with E-state index in [-0.39, 0.29) is 23.4 Å². The monoisotopic (exact) mass is 364 g/mol.